The third kappa shape index (κ3) is 5.20. The van der Waals surface area contributed by atoms with Crippen LogP contribution in [0, 0.1) is 24.0 Å². The van der Waals surface area contributed by atoms with Crippen LogP contribution in [0.25, 0.3) is 0 Å². The number of rotatable bonds is 6. The summed E-state index contributed by atoms with van der Waals surface area (Å²) < 4.78 is 8.06. The molecule has 0 radical (unpaired) electrons. The number of hydrogen-bond donors (Lipinski definition) is 1. The molecule has 0 aliphatic carbocycles. The van der Waals surface area contributed by atoms with E-state index in [0.29, 0.717) is 5.75 Å². The molecule has 1 aromatic heterocycles. The normalized spacial score (nSPS) is 11.7. The second kappa shape index (κ2) is 8.44. The van der Waals surface area contributed by atoms with Crippen LogP contribution in [0.4, 0.5) is 11.4 Å². The highest BCUT2D eigenvalue weighted by atomic mass is 79.9. The van der Waals surface area contributed by atoms with Gasteiger partial charge in [-0.1, -0.05) is 6.07 Å². The summed E-state index contributed by atoms with van der Waals surface area (Å²) in [5.41, 5.74) is 2.11. The molecule has 0 aliphatic heterocycles. The standard InChI is InChI=1S/C20H19BrN4O4/c1-12-4-13(2)6-18(5-12)29-19-8-16(7-17(9-19)25(27)28)23-20(26)14(3)24-11-15(21)10-22-24/h4-11,14H,1-3H3,(H,23,26). The van der Waals surface area contributed by atoms with Crippen molar-refractivity contribution < 1.29 is 14.5 Å². The Balaban J connectivity index is 1.86. The van der Waals surface area contributed by atoms with E-state index in [4.69, 9.17) is 4.74 Å². The molecule has 8 nitrogen and oxygen atoms in total. The minimum atomic E-state index is -0.607. The molecule has 2 aromatic carbocycles. The smallest absolute Gasteiger partial charge is 0.275 e. The average Bonchev–Trinajstić information content (AvgIpc) is 3.06. The molecule has 9 heteroatoms. The first-order chi connectivity index (χ1) is 13.7. The molecule has 3 rings (SSSR count). The van der Waals surface area contributed by atoms with Crippen LogP contribution < -0.4 is 10.1 Å². The first-order valence-electron chi connectivity index (χ1n) is 8.77. The van der Waals surface area contributed by atoms with Crippen molar-refractivity contribution in [1.82, 2.24) is 9.78 Å². The Bertz CT molecular complexity index is 1060. The zero-order chi connectivity index (χ0) is 21.1. The van der Waals surface area contributed by atoms with E-state index in [-0.39, 0.29) is 23.0 Å². The molecule has 0 spiro atoms. The number of nitrogens with one attached hydrogen (secondary N) is 1. The number of benzene rings is 2. The lowest BCUT2D eigenvalue weighted by Crippen LogP contribution is -2.24. The van der Waals surface area contributed by atoms with E-state index in [1.165, 1.54) is 16.8 Å². The van der Waals surface area contributed by atoms with Crippen LogP contribution in [0.3, 0.4) is 0 Å². The van der Waals surface area contributed by atoms with Crippen molar-refractivity contribution in [2.75, 3.05) is 5.32 Å². The van der Waals surface area contributed by atoms with E-state index in [2.05, 4.69) is 26.3 Å². The van der Waals surface area contributed by atoms with E-state index in [9.17, 15) is 14.9 Å². The molecule has 1 unspecified atom stereocenters. The van der Waals surface area contributed by atoms with Crippen LogP contribution in [0.1, 0.15) is 24.1 Å². The molecule has 3 aromatic rings. The lowest BCUT2D eigenvalue weighted by Gasteiger charge is -2.14. The molecule has 0 saturated carbocycles. The Morgan fingerprint density at radius 1 is 1.17 bits per heavy atom. The maximum absolute atomic E-state index is 12.6. The van der Waals surface area contributed by atoms with Gasteiger partial charge >= 0.3 is 0 Å². The number of ether oxygens (including phenoxy) is 1. The van der Waals surface area contributed by atoms with E-state index in [1.807, 2.05) is 32.0 Å². The van der Waals surface area contributed by atoms with Gasteiger partial charge < -0.3 is 10.1 Å². The van der Waals surface area contributed by atoms with E-state index < -0.39 is 11.0 Å². The third-order valence-electron chi connectivity index (χ3n) is 4.15. The summed E-state index contributed by atoms with van der Waals surface area (Å²) in [6, 6.07) is 9.22. The average molecular weight is 459 g/mol. The molecule has 1 amide bonds. The Morgan fingerprint density at radius 2 is 1.83 bits per heavy atom. The first-order valence-corrected chi connectivity index (χ1v) is 9.57. The second-order valence-electron chi connectivity index (χ2n) is 6.70. The van der Waals surface area contributed by atoms with Gasteiger partial charge in [0.25, 0.3) is 5.69 Å². The number of aryl methyl sites for hydroxylation is 2. The summed E-state index contributed by atoms with van der Waals surface area (Å²) >= 11 is 3.29. The van der Waals surface area contributed by atoms with Crippen LogP contribution in [0.2, 0.25) is 0 Å². The summed E-state index contributed by atoms with van der Waals surface area (Å²) in [6.07, 6.45) is 3.25. The SMILES string of the molecule is Cc1cc(C)cc(Oc2cc(NC(=O)C(C)n3cc(Br)cn3)cc([N+](=O)[O-])c2)c1. The van der Waals surface area contributed by atoms with Gasteiger partial charge in [0.05, 0.1) is 27.3 Å². The molecule has 150 valence electrons. The Kier molecular flexibility index (Phi) is 5.97. The van der Waals surface area contributed by atoms with Gasteiger partial charge in [0, 0.05) is 18.3 Å². The number of aromatic nitrogens is 2. The lowest BCUT2D eigenvalue weighted by molar-refractivity contribution is -0.384. The van der Waals surface area contributed by atoms with Gasteiger partial charge in [0.1, 0.15) is 17.5 Å². The number of halogens is 1. The first kappa shape index (κ1) is 20.5. The van der Waals surface area contributed by atoms with Gasteiger partial charge in [-0.25, -0.2) is 0 Å². The Hall–Kier alpha value is -3.20. The maximum atomic E-state index is 12.6. The predicted molar refractivity (Wildman–Crippen MR) is 112 cm³/mol. The van der Waals surface area contributed by atoms with Crippen molar-refractivity contribution in [3.63, 3.8) is 0 Å². The number of nitro benzene ring substituents is 1. The van der Waals surface area contributed by atoms with Gasteiger partial charge in [-0.3, -0.25) is 19.6 Å². The van der Waals surface area contributed by atoms with E-state index in [1.54, 1.807) is 25.4 Å². The molecule has 1 heterocycles. The van der Waals surface area contributed by atoms with Crippen LogP contribution >= 0.6 is 15.9 Å². The summed E-state index contributed by atoms with van der Waals surface area (Å²) in [7, 11) is 0. The van der Waals surface area contributed by atoms with Crippen molar-refractivity contribution in [2.45, 2.75) is 26.8 Å². The minimum absolute atomic E-state index is 0.184. The summed E-state index contributed by atoms with van der Waals surface area (Å²) in [5.74, 6) is 0.461. The zero-order valence-electron chi connectivity index (χ0n) is 16.0. The minimum Gasteiger partial charge on any atom is -0.457 e. The summed E-state index contributed by atoms with van der Waals surface area (Å²) in [6.45, 7) is 5.56. The fourth-order valence-electron chi connectivity index (χ4n) is 2.84. The van der Waals surface area contributed by atoms with Crippen molar-refractivity contribution in [1.29, 1.82) is 0 Å². The Morgan fingerprint density at radius 3 is 2.41 bits per heavy atom. The zero-order valence-corrected chi connectivity index (χ0v) is 17.6. The van der Waals surface area contributed by atoms with Crippen LogP contribution in [-0.4, -0.2) is 20.6 Å². The van der Waals surface area contributed by atoms with Gasteiger partial charge in [-0.05, 0) is 60.0 Å². The van der Waals surface area contributed by atoms with Crippen LogP contribution in [0.15, 0.2) is 53.3 Å². The van der Waals surface area contributed by atoms with Crippen LogP contribution in [-0.2, 0) is 4.79 Å². The number of hydrogen-bond acceptors (Lipinski definition) is 5. The van der Waals surface area contributed by atoms with Gasteiger partial charge in [-0.2, -0.15) is 5.10 Å². The molecular formula is C20H19BrN4O4. The molecule has 0 aliphatic rings. The lowest BCUT2D eigenvalue weighted by atomic mass is 10.1. The molecule has 29 heavy (non-hydrogen) atoms. The van der Waals surface area contributed by atoms with Gasteiger partial charge in [0.15, 0.2) is 0 Å². The number of nitrogens with zero attached hydrogens (tertiary/aromatic N) is 3. The predicted octanol–water partition coefficient (Wildman–Crippen LogP) is 5.16. The number of anilines is 1. The number of carbonyl (C=O) groups excluding carboxylic acids is 1. The molecule has 0 bridgehead atoms. The number of carbonyl (C=O) groups is 1. The van der Waals surface area contributed by atoms with Crippen molar-refractivity contribution >= 4 is 33.2 Å². The van der Waals surface area contributed by atoms with E-state index in [0.717, 1.165) is 15.6 Å². The summed E-state index contributed by atoms with van der Waals surface area (Å²) in [4.78, 5) is 23.4. The number of non-ortho nitro benzene ring substituents is 1. The van der Waals surface area contributed by atoms with Crippen molar-refractivity contribution in [3.05, 3.63) is 74.5 Å². The number of nitro groups is 1. The highest BCUT2D eigenvalue weighted by Crippen LogP contribution is 2.31. The van der Waals surface area contributed by atoms with Crippen LogP contribution in [0.5, 0.6) is 11.5 Å². The fourth-order valence-corrected chi connectivity index (χ4v) is 3.14. The van der Waals surface area contributed by atoms with Gasteiger partial charge in [0.2, 0.25) is 5.91 Å². The maximum Gasteiger partial charge on any atom is 0.275 e. The molecule has 0 saturated heterocycles. The fraction of sp³-hybridized carbons (Fsp3) is 0.200. The number of amides is 1. The highest BCUT2D eigenvalue weighted by Gasteiger charge is 2.18. The quantitative estimate of drug-likeness (QED) is 0.405. The largest absolute Gasteiger partial charge is 0.457 e. The topological polar surface area (TPSA) is 99.3 Å². The van der Waals surface area contributed by atoms with Crippen molar-refractivity contribution in [3.8, 4) is 11.5 Å². The molecule has 0 fully saturated rings. The van der Waals surface area contributed by atoms with E-state index >= 15 is 0 Å². The molecule has 1 atom stereocenters. The highest BCUT2D eigenvalue weighted by molar-refractivity contribution is 9.10. The third-order valence-corrected chi connectivity index (χ3v) is 4.56. The Labute approximate surface area is 175 Å². The summed E-state index contributed by atoms with van der Waals surface area (Å²) in [5, 5.41) is 18.1. The monoisotopic (exact) mass is 458 g/mol. The molecule has 1 N–H and O–H groups in total. The second-order valence-corrected chi connectivity index (χ2v) is 7.62. The van der Waals surface area contributed by atoms with Crippen molar-refractivity contribution in [2.24, 2.45) is 0 Å². The molecular weight excluding hydrogens is 440 g/mol. The van der Waals surface area contributed by atoms with Gasteiger partial charge in [-0.15, -0.1) is 0 Å².